The van der Waals surface area contributed by atoms with Crippen LogP contribution in [0.4, 0.5) is 27.9 Å². The number of pyridine rings is 1. The molecule has 55 heavy (non-hydrogen) atoms. The zero-order chi connectivity index (χ0) is 38.5. The highest BCUT2D eigenvalue weighted by Crippen LogP contribution is 2.33. The minimum Gasteiger partial charge on any atom is -0.488 e. The molecular weight excluding hydrogens is 695 g/mol. The van der Waals surface area contributed by atoms with E-state index < -0.39 is 6.03 Å². The minimum absolute atomic E-state index is 0.184. The first-order valence-corrected chi connectivity index (χ1v) is 17.7. The number of urea groups is 1. The van der Waals surface area contributed by atoms with E-state index >= 15 is 0 Å². The Balaban J connectivity index is 0.998. The van der Waals surface area contributed by atoms with Gasteiger partial charge in [0.2, 0.25) is 0 Å². The second-order valence-corrected chi connectivity index (χ2v) is 14.0. The van der Waals surface area contributed by atoms with Crippen LogP contribution < -0.4 is 26.0 Å². The second-order valence-electron chi connectivity index (χ2n) is 14.0. The predicted octanol–water partition coefficient (Wildman–Crippen LogP) is 7.45. The molecule has 14 heteroatoms. The highest BCUT2D eigenvalue weighted by molar-refractivity contribution is 6.07. The van der Waals surface area contributed by atoms with Crippen molar-refractivity contribution in [1.29, 1.82) is 0 Å². The summed E-state index contributed by atoms with van der Waals surface area (Å²) in [4.78, 5) is 43.2. The summed E-state index contributed by atoms with van der Waals surface area (Å²) < 4.78 is 9.89. The van der Waals surface area contributed by atoms with Crippen molar-refractivity contribution in [3.05, 3.63) is 138 Å². The maximum atomic E-state index is 13.5. The fourth-order valence-corrected chi connectivity index (χ4v) is 5.75. The van der Waals surface area contributed by atoms with Gasteiger partial charge in [-0.25, -0.2) is 29.4 Å². The molecule has 3 aromatic carbocycles. The van der Waals surface area contributed by atoms with Gasteiger partial charge in [-0.3, -0.25) is 10.1 Å². The van der Waals surface area contributed by atoms with Crippen molar-refractivity contribution in [2.45, 2.75) is 46.3 Å². The van der Waals surface area contributed by atoms with Gasteiger partial charge >= 0.3 is 6.03 Å². The van der Waals surface area contributed by atoms with Gasteiger partial charge in [-0.15, -0.1) is 0 Å². The van der Waals surface area contributed by atoms with E-state index in [4.69, 9.17) is 9.84 Å². The molecule has 14 nitrogen and oxygen atoms in total. The Labute approximate surface area is 318 Å². The number of nitrogens with zero attached hydrogens (tertiary/aromatic N) is 7. The van der Waals surface area contributed by atoms with Crippen molar-refractivity contribution in [1.82, 2.24) is 39.6 Å². The number of amides is 3. The number of aromatic nitrogens is 7. The van der Waals surface area contributed by atoms with Gasteiger partial charge in [0, 0.05) is 47.9 Å². The summed E-state index contributed by atoms with van der Waals surface area (Å²) in [6, 6.07) is 24.6. The lowest BCUT2D eigenvalue weighted by Crippen LogP contribution is -2.25. The van der Waals surface area contributed by atoms with Crippen LogP contribution in [0.25, 0.3) is 16.5 Å². The lowest BCUT2D eigenvalue weighted by atomic mass is 9.92. The summed E-state index contributed by atoms with van der Waals surface area (Å²) in [6.45, 7) is 8.83. The van der Waals surface area contributed by atoms with Crippen molar-refractivity contribution < 1.29 is 14.3 Å². The van der Waals surface area contributed by atoms with E-state index in [0.29, 0.717) is 28.9 Å². The number of aryl methyl sites for hydroxylation is 2. The van der Waals surface area contributed by atoms with Crippen LogP contribution >= 0.6 is 0 Å². The monoisotopic (exact) mass is 735 g/mol. The van der Waals surface area contributed by atoms with Gasteiger partial charge in [-0.1, -0.05) is 62.7 Å². The molecule has 0 saturated heterocycles. The molecule has 0 unspecified atom stereocenters. The van der Waals surface area contributed by atoms with Gasteiger partial charge in [-0.2, -0.15) is 5.10 Å². The summed E-state index contributed by atoms with van der Waals surface area (Å²) in [5, 5.41) is 18.4. The van der Waals surface area contributed by atoms with Crippen molar-refractivity contribution in [2.24, 2.45) is 7.05 Å². The molecule has 0 aliphatic carbocycles. The average Bonchev–Trinajstić information content (AvgIpc) is 3.80. The van der Waals surface area contributed by atoms with E-state index in [-0.39, 0.29) is 30.2 Å². The lowest BCUT2D eigenvalue weighted by molar-refractivity contribution is 0.0944. The first-order valence-electron chi connectivity index (χ1n) is 17.7. The molecule has 0 aliphatic rings. The van der Waals surface area contributed by atoms with Gasteiger partial charge in [-0.05, 0) is 48.9 Å². The van der Waals surface area contributed by atoms with E-state index in [1.165, 1.54) is 12.4 Å². The van der Waals surface area contributed by atoms with Gasteiger partial charge in [0.25, 0.3) is 5.91 Å². The molecular formula is C41H41N11O3. The van der Waals surface area contributed by atoms with Gasteiger partial charge < -0.3 is 25.3 Å². The van der Waals surface area contributed by atoms with Crippen LogP contribution in [0.3, 0.4) is 0 Å². The fraction of sp³-hybridized carbons (Fsp3) is 0.195. The third-order valence-corrected chi connectivity index (χ3v) is 8.82. The Kier molecular flexibility index (Phi) is 10.2. The zero-order valence-corrected chi connectivity index (χ0v) is 31.2. The summed E-state index contributed by atoms with van der Waals surface area (Å²) in [5.74, 6) is 2.56. The number of hydrogen-bond acceptors (Lipinski definition) is 9. The number of nitrogens with one attached hydrogen (secondary N) is 4. The minimum atomic E-state index is -0.396. The van der Waals surface area contributed by atoms with Gasteiger partial charge in [0.1, 0.15) is 41.3 Å². The van der Waals surface area contributed by atoms with Crippen molar-refractivity contribution in [3.8, 4) is 11.4 Å². The molecule has 7 aromatic rings. The van der Waals surface area contributed by atoms with Gasteiger partial charge in [0.15, 0.2) is 0 Å². The highest BCUT2D eigenvalue weighted by Gasteiger charge is 2.22. The number of carbonyl (C=O) groups excluding carboxylic acids is 2. The Morgan fingerprint density at radius 2 is 1.62 bits per heavy atom. The topological polar surface area (TPSA) is 166 Å². The summed E-state index contributed by atoms with van der Waals surface area (Å²) >= 11 is 0. The first kappa shape index (κ1) is 36.3. The maximum absolute atomic E-state index is 13.5. The van der Waals surface area contributed by atoms with Crippen LogP contribution in [-0.2, 0) is 25.6 Å². The smallest absolute Gasteiger partial charge is 0.324 e. The van der Waals surface area contributed by atoms with E-state index in [9.17, 15) is 9.59 Å². The summed E-state index contributed by atoms with van der Waals surface area (Å²) in [6.07, 6.45) is 8.04. The van der Waals surface area contributed by atoms with Crippen LogP contribution in [0.5, 0.6) is 5.75 Å². The Hall–Kier alpha value is -7.09. The van der Waals surface area contributed by atoms with Crippen LogP contribution in [-0.4, -0.2) is 46.2 Å². The van der Waals surface area contributed by atoms with E-state index in [2.05, 4.69) is 62.0 Å². The molecule has 278 valence electrons. The number of ether oxygens (including phenoxy) is 1. The SMILES string of the molecule is Cc1ccc(-n2nc(C(C)(C)C)cc2NC(=O)Nc2ccc(OCc3ccnc(Nc4cnc(C(=O)NCc5nccn5C)cn4)c3)c3ccccc23)cc1. The zero-order valence-electron chi connectivity index (χ0n) is 31.2. The molecule has 0 bridgehead atoms. The number of carbonyl (C=O) groups is 2. The first-order chi connectivity index (χ1) is 26.5. The Morgan fingerprint density at radius 3 is 2.35 bits per heavy atom. The normalized spacial score (nSPS) is 11.3. The largest absolute Gasteiger partial charge is 0.488 e. The average molecular weight is 736 g/mol. The van der Waals surface area contributed by atoms with E-state index in [0.717, 1.165) is 39.1 Å². The van der Waals surface area contributed by atoms with Gasteiger partial charge in [0.05, 0.1) is 36.0 Å². The quantitative estimate of drug-likeness (QED) is 0.106. The Bertz CT molecular complexity index is 2470. The maximum Gasteiger partial charge on any atom is 0.324 e. The molecule has 0 atom stereocenters. The van der Waals surface area contributed by atoms with Crippen LogP contribution in [0.15, 0.2) is 110 Å². The third-order valence-electron chi connectivity index (χ3n) is 8.82. The van der Waals surface area contributed by atoms with Crippen molar-refractivity contribution in [3.63, 3.8) is 0 Å². The molecule has 4 aromatic heterocycles. The molecule has 4 N–H and O–H groups in total. The molecule has 4 heterocycles. The predicted molar refractivity (Wildman–Crippen MR) is 212 cm³/mol. The molecule has 0 fully saturated rings. The highest BCUT2D eigenvalue weighted by atomic mass is 16.5. The van der Waals surface area contributed by atoms with Crippen molar-refractivity contribution >= 4 is 45.9 Å². The molecule has 7 rings (SSSR count). The molecule has 0 radical (unpaired) electrons. The number of imidazole rings is 1. The Morgan fingerprint density at radius 1 is 0.818 bits per heavy atom. The van der Waals surface area contributed by atoms with E-state index in [1.807, 2.05) is 104 Å². The van der Waals surface area contributed by atoms with Crippen LogP contribution in [0, 0.1) is 6.92 Å². The van der Waals surface area contributed by atoms with Crippen LogP contribution in [0.1, 0.15) is 53.9 Å². The number of anilines is 4. The number of benzene rings is 3. The standard InChI is InChI=1S/C41H41N11O3/c1-26-10-12-28(13-11-26)52-37(21-34(50-52)41(2,3)4)49-40(54)47-31-14-15-33(30-9-7-6-8-29(30)31)55-25-27-16-17-42-35(20-27)48-36-23-44-32(22-45-36)39(53)46-24-38-43-18-19-51(38)5/h6-23H,24-25H2,1-5H3,(H,46,53)(H,42,45,48)(H2,47,49,54). The third kappa shape index (κ3) is 8.60. The molecule has 0 saturated carbocycles. The molecule has 0 aliphatic heterocycles. The molecule has 0 spiro atoms. The van der Waals surface area contributed by atoms with Crippen LogP contribution in [0.2, 0.25) is 0 Å². The van der Waals surface area contributed by atoms with E-state index in [1.54, 1.807) is 17.1 Å². The summed E-state index contributed by atoms with van der Waals surface area (Å²) in [5.41, 5.74) is 4.30. The number of fused-ring (bicyclic) bond motifs is 1. The second kappa shape index (κ2) is 15.5. The number of rotatable bonds is 11. The lowest BCUT2D eigenvalue weighted by Gasteiger charge is -2.15. The fourth-order valence-electron chi connectivity index (χ4n) is 5.75. The number of hydrogen-bond donors (Lipinski definition) is 4. The van der Waals surface area contributed by atoms with Crippen molar-refractivity contribution in [2.75, 3.05) is 16.0 Å². The molecule has 3 amide bonds. The summed E-state index contributed by atoms with van der Waals surface area (Å²) in [7, 11) is 1.86.